The number of amides is 1. The lowest BCUT2D eigenvalue weighted by Crippen LogP contribution is -2.15. The smallest absolute Gasteiger partial charge is 0.234 e. The van der Waals surface area contributed by atoms with Gasteiger partial charge in [0.15, 0.2) is 11.5 Å². The summed E-state index contributed by atoms with van der Waals surface area (Å²) in [6, 6.07) is 15.3. The first-order valence-corrected chi connectivity index (χ1v) is 9.81. The number of aromatic nitrogens is 1. The van der Waals surface area contributed by atoms with E-state index < -0.39 is 0 Å². The van der Waals surface area contributed by atoms with E-state index in [0.717, 1.165) is 23.1 Å². The summed E-state index contributed by atoms with van der Waals surface area (Å²) < 4.78 is 10.8. The van der Waals surface area contributed by atoms with Gasteiger partial charge in [0.1, 0.15) is 11.1 Å². The van der Waals surface area contributed by atoms with E-state index in [4.69, 9.17) is 9.47 Å². The number of para-hydroxylation sites is 1. The number of rotatable bonds is 5. The molecule has 4 rings (SSSR count). The van der Waals surface area contributed by atoms with E-state index in [2.05, 4.69) is 16.4 Å². The maximum Gasteiger partial charge on any atom is 0.234 e. The van der Waals surface area contributed by atoms with Gasteiger partial charge in [0.2, 0.25) is 12.7 Å². The summed E-state index contributed by atoms with van der Waals surface area (Å²) >= 11 is 1.24. The number of benzene rings is 2. The first-order valence-electron chi connectivity index (χ1n) is 8.83. The summed E-state index contributed by atoms with van der Waals surface area (Å²) in [5, 5.41) is 13.7. The molecule has 1 N–H and O–H groups in total. The van der Waals surface area contributed by atoms with Crippen LogP contribution in [0.5, 0.6) is 11.5 Å². The largest absolute Gasteiger partial charge is 0.454 e. The molecule has 6 nitrogen and oxygen atoms in total. The van der Waals surface area contributed by atoms with Crippen LogP contribution in [0.3, 0.4) is 0 Å². The zero-order valence-corrected chi connectivity index (χ0v) is 16.0. The van der Waals surface area contributed by atoms with E-state index >= 15 is 0 Å². The maximum absolute atomic E-state index is 12.4. The second-order valence-electron chi connectivity index (χ2n) is 6.20. The number of thioether (sulfide) groups is 1. The third kappa shape index (κ3) is 3.59. The summed E-state index contributed by atoms with van der Waals surface area (Å²) in [5.41, 5.74) is 3.02. The molecule has 0 saturated carbocycles. The molecule has 0 saturated heterocycles. The van der Waals surface area contributed by atoms with Gasteiger partial charge in [-0.25, -0.2) is 4.98 Å². The topological polar surface area (TPSA) is 84.2 Å². The van der Waals surface area contributed by atoms with Gasteiger partial charge >= 0.3 is 0 Å². The number of fused-ring (bicyclic) bond motifs is 2. The third-order valence-corrected chi connectivity index (χ3v) is 5.40. The summed E-state index contributed by atoms with van der Waals surface area (Å²) in [7, 11) is 0. The van der Waals surface area contributed by atoms with Crippen LogP contribution in [0.4, 0.5) is 5.69 Å². The van der Waals surface area contributed by atoms with Crippen molar-refractivity contribution in [1.82, 2.24) is 4.98 Å². The quantitative estimate of drug-likeness (QED) is 0.659. The van der Waals surface area contributed by atoms with Crippen molar-refractivity contribution >= 4 is 34.3 Å². The van der Waals surface area contributed by atoms with E-state index in [1.165, 1.54) is 11.8 Å². The molecule has 28 heavy (non-hydrogen) atoms. The molecule has 2 heterocycles. The van der Waals surface area contributed by atoms with Crippen LogP contribution in [0.25, 0.3) is 10.9 Å². The van der Waals surface area contributed by atoms with Gasteiger partial charge in [0, 0.05) is 17.1 Å². The Labute approximate surface area is 166 Å². The highest BCUT2D eigenvalue weighted by molar-refractivity contribution is 8.00. The van der Waals surface area contributed by atoms with Crippen molar-refractivity contribution in [2.75, 3.05) is 17.9 Å². The predicted molar refractivity (Wildman–Crippen MR) is 108 cm³/mol. The van der Waals surface area contributed by atoms with E-state index in [9.17, 15) is 10.1 Å². The first kappa shape index (κ1) is 18.1. The Morgan fingerprint density at radius 1 is 1.25 bits per heavy atom. The van der Waals surface area contributed by atoms with Gasteiger partial charge in [-0.3, -0.25) is 4.79 Å². The predicted octanol–water partition coefficient (Wildman–Crippen LogP) is 4.13. The Bertz CT molecular complexity index is 1110. The van der Waals surface area contributed by atoms with Crippen LogP contribution in [0.1, 0.15) is 18.1 Å². The Balaban J connectivity index is 1.53. The van der Waals surface area contributed by atoms with Crippen molar-refractivity contribution in [2.24, 2.45) is 0 Å². The molecule has 3 aromatic rings. The Hall–Kier alpha value is -3.24. The van der Waals surface area contributed by atoms with E-state index in [0.29, 0.717) is 27.6 Å². The van der Waals surface area contributed by atoms with Crippen molar-refractivity contribution in [3.63, 3.8) is 0 Å². The number of pyridine rings is 1. The number of carbonyl (C=O) groups excluding carboxylic acids is 1. The molecule has 140 valence electrons. The molecule has 0 aliphatic carbocycles. The normalized spacial score (nSPS) is 12.0. The van der Waals surface area contributed by atoms with Crippen LogP contribution in [0.15, 0.2) is 47.5 Å². The minimum atomic E-state index is -0.137. The van der Waals surface area contributed by atoms with Crippen LogP contribution < -0.4 is 14.8 Å². The molecule has 0 unspecified atom stereocenters. The summed E-state index contributed by atoms with van der Waals surface area (Å²) in [4.78, 5) is 17.0. The molecule has 2 aromatic carbocycles. The molecule has 0 atom stereocenters. The average molecular weight is 391 g/mol. The van der Waals surface area contributed by atoms with E-state index in [1.807, 2.05) is 37.3 Å². The zero-order valence-electron chi connectivity index (χ0n) is 15.2. The number of carbonyl (C=O) groups is 1. The Morgan fingerprint density at radius 2 is 2.04 bits per heavy atom. The maximum atomic E-state index is 12.4. The Kier molecular flexibility index (Phi) is 5.04. The molecule has 0 radical (unpaired) electrons. The minimum Gasteiger partial charge on any atom is -0.454 e. The SMILES string of the molecule is CCc1ccccc1NC(=O)CSc1nc2cc3c(cc2cc1C#N)OCO3. The number of hydrogen-bond acceptors (Lipinski definition) is 6. The van der Waals surface area contributed by atoms with Gasteiger partial charge in [-0.2, -0.15) is 5.26 Å². The minimum absolute atomic E-state index is 0.137. The molecule has 0 bridgehead atoms. The fraction of sp³-hybridized carbons (Fsp3) is 0.190. The van der Waals surface area contributed by atoms with Gasteiger partial charge in [-0.15, -0.1) is 0 Å². The molecule has 1 aromatic heterocycles. The highest BCUT2D eigenvalue weighted by atomic mass is 32.2. The molecule has 0 fully saturated rings. The van der Waals surface area contributed by atoms with E-state index in [-0.39, 0.29) is 18.5 Å². The molecule has 7 heteroatoms. The van der Waals surface area contributed by atoms with Crippen molar-refractivity contribution in [3.8, 4) is 17.6 Å². The number of nitrogens with one attached hydrogen (secondary N) is 1. The lowest BCUT2D eigenvalue weighted by atomic mass is 10.1. The number of anilines is 1. The number of ether oxygens (including phenoxy) is 2. The molecule has 0 spiro atoms. The molecule has 1 amide bonds. The highest BCUT2D eigenvalue weighted by Gasteiger charge is 2.17. The molecular formula is C21H17N3O3S. The molecule has 1 aliphatic rings. The standard InChI is InChI=1S/C21H17N3O3S/c1-2-13-5-3-4-6-16(13)23-20(25)11-28-21-15(10-22)7-14-8-18-19(27-12-26-18)9-17(14)24-21/h3-9H,2,11-12H2,1H3,(H,23,25). The van der Waals surface area contributed by atoms with Crippen LogP contribution >= 0.6 is 11.8 Å². The van der Waals surface area contributed by atoms with Crippen LogP contribution in [-0.4, -0.2) is 23.4 Å². The first-order chi connectivity index (χ1) is 13.7. The zero-order chi connectivity index (χ0) is 19.5. The summed E-state index contributed by atoms with van der Waals surface area (Å²) in [5.74, 6) is 1.31. The number of nitriles is 1. The van der Waals surface area contributed by atoms with Crippen LogP contribution in [-0.2, 0) is 11.2 Å². The van der Waals surface area contributed by atoms with Crippen molar-refractivity contribution in [1.29, 1.82) is 5.26 Å². The van der Waals surface area contributed by atoms with Gasteiger partial charge in [0.05, 0.1) is 16.8 Å². The second-order valence-corrected chi connectivity index (χ2v) is 7.16. The lowest BCUT2D eigenvalue weighted by Gasteiger charge is -2.10. The fourth-order valence-electron chi connectivity index (χ4n) is 3.01. The van der Waals surface area contributed by atoms with Crippen molar-refractivity contribution < 1.29 is 14.3 Å². The highest BCUT2D eigenvalue weighted by Crippen LogP contribution is 2.37. The summed E-state index contributed by atoms with van der Waals surface area (Å²) in [6.45, 7) is 2.22. The monoisotopic (exact) mass is 391 g/mol. The Morgan fingerprint density at radius 3 is 2.82 bits per heavy atom. The summed E-state index contributed by atoms with van der Waals surface area (Å²) in [6.07, 6.45) is 0.838. The average Bonchev–Trinajstić information content (AvgIpc) is 3.17. The second kappa shape index (κ2) is 7.79. The van der Waals surface area contributed by atoms with Crippen molar-refractivity contribution in [2.45, 2.75) is 18.4 Å². The van der Waals surface area contributed by atoms with Gasteiger partial charge < -0.3 is 14.8 Å². The van der Waals surface area contributed by atoms with Gasteiger partial charge in [-0.05, 0) is 30.2 Å². The molecular weight excluding hydrogens is 374 g/mol. The third-order valence-electron chi connectivity index (χ3n) is 4.41. The fourth-order valence-corrected chi connectivity index (χ4v) is 3.77. The number of aryl methyl sites for hydroxylation is 1. The van der Waals surface area contributed by atoms with Crippen molar-refractivity contribution in [3.05, 3.63) is 53.6 Å². The number of nitrogens with zero attached hydrogens (tertiary/aromatic N) is 2. The van der Waals surface area contributed by atoms with Gasteiger partial charge in [0.25, 0.3) is 0 Å². The van der Waals surface area contributed by atoms with Gasteiger partial charge in [-0.1, -0.05) is 36.9 Å². The molecule has 1 aliphatic heterocycles. The van der Waals surface area contributed by atoms with E-state index in [1.54, 1.807) is 12.1 Å². The number of hydrogen-bond donors (Lipinski definition) is 1. The lowest BCUT2D eigenvalue weighted by molar-refractivity contribution is -0.113. The van der Waals surface area contributed by atoms with Crippen LogP contribution in [0.2, 0.25) is 0 Å². The van der Waals surface area contributed by atoms with Crippen LogP contribution in [0, 0.1) is 11.3 Å².